The van der Waals surface area contributed by atoms with Gasteiger partial charge in [-0.25, -0.2) is 0 Å². The van der Waals surface area contributed by atoms with Gasteiger partial charge in [-0.15, -0.1) is 0 Å². The van der Waals surface area contributed by atoms with Crippen molar-refractivity contribution < 1.29 is 0 Å². The van der Waals surface area contributed by atoms with Gasteiger partial charge in [0.15, 0.2) is 0 Å². The molecule has 4 heteroatoms. The Labute approximate surface area is 127 Å². The molecule has 0 saturated carbocycles. The van der Waals surface area contributed by atoms with E-state index in [9.17, 15) is 0 Å². The summed E-state index contributed by atoms with van der Waals surface area (Å²) in [6.45, 7) is 0.647. The minimum atomic E-state index is 0.647. The number of pyridine rings is 1. The van der Waals surface area contributed by atoms with Crippen LogP contribution < -0.4 is 5.32 Å². The summed E-state index contributed by atoms with van der Waals surface area (Å²) in [5.74, 6) is 0. The number of hydrogen-bond donors (Lipinski definition) is 1. The molecule has 0 radical (unpaired) electrons. The van der Waals surface area contributed by atoms with Crippen LogP contribution in [0.4, 0.5) is 5.69 Å². The molecule has 20 heavy (non-hydrogen) atoms. The quantitative estimate of drug-likeness (QED) is 0.723. The zero-order valence-corrected chi connectivity index (χ0v) is 12.1. The van der Waals surface area contributed by atoms with Gasteiger partial charge in [0.2, 0.25) is 0 Å². The number of benzene rings is 2. The van der Waals surface area contributed by atoms with Crippen molar-refractivity contribution in [2.75, 3.05) is 5.32 Å². The Morgan fingerprint density at radius 2 is 1.85 bits per heavy atom. The van der Waals surface area contributed by atoms with Crippen LogP contribution in [0.3, 0.4) is 0 Å². The summed E-state index contributed by atoms with van der Waals surface area (Å²) in [5, 5.41) is 6.94. The summed E-state index contributed by atoms with van der Waals surface area (Å²) in [4.78, 5) is 4.27. The van der Waals surface area contributed by atoms with Crippen LogP contribution in [0.25, 0.3) is 10.8 Å². The second-order valence-electron chi connectivity index (χ2n) is 4.50. The molecule has 0 unspecified atom stereocenters. The minimum Gasteiger partial charge on any atom is -0.380 e. The monoisotopic (exact) mass is 302 g/mol. The largest absolute Gasteiger partial charge is 0.380 e. The summed E-state index contributed by atoms with van der Waals surface area (Å²) in [7, 11) is 0. The van der Waals surface area contributed by atoms with Gasteiger partial charge in [-0.3, -0.25) is 4.98 Å². The molecule has 0 bridgehead atoms. The Morgan fingerprint density at radius 3 is 2.75 bits per heavy atom. The lowest BCUT2D eigenvalue weighted by Gasteiger charge is -2.10. The van der Waals surface area contributed by atoms with Crippen LogP contribution in [0.2, 0.25) is 10.0 Å². The van der Waals surface area contributed by atoms with Crippen LogP contribution in [0.1, 0.15) is 5.56 Å². The van der Waals surface area contributed by atoms with E-state index in [2.05, 4.69) is 22.4 Å². The summed E-state index contributed by atoms with van der Waals surface area (Å²) in [6.07, 6.45) is 3.74. The lowest BCUT2D eigenvalue weighted by molar-refractivity contribution is 1.14. The van der Waals surface area contributed by atoms with E-state index in [1.807, 2.05) is 30.6 Å². The van der Waals surface area contributed by atoms with E-state index in [1.165, 1.54) is 5.39 Å². The molecule has 3 aromatic rings. The number of anilines is 1. The van der Waals surface area contributed by atoms with E-state index in [-0.39, 0.29) is 0 Å². The van der Waals surface area contributed by atoms with Gasteiger partial charge in [-0.05, 0) is 29.1 Å². The number of rotatable bonds is 3. The van der Waals surface area contributed by atoms with Crippen molar-refractivity contribution in [1.82, 2.24) is 4.98 Å². The molecule has 100 valence electrons. The van der Waals surface area contributed by atoms with Gasteiger partial charge in [0, 0.05) is 29.3 Å². The number of nitrogens with one attached hydrogen (secondary N) is 1. The Kier molecular flexibility index (Phi) is 3.77. The molecule has 2 nitrogen and oxygen atoms in total. The lowest BCUT2D eigenvalue weighted by atomic mass is 10.1. The minimum absolute atomic E-state index is 0.647. The van der Waals surface area contributed by atoms with Gasteiger partial charge in [0.1, 0.15) is 0 Å². The number of halogens is 2. The van der Waals surface area contributed by atoms with Crippen molar-refractivity contribution in [3.63, 3.8) is 0 Å². The Bertz CT molecular complexity index is 751. The zero-order chi connectivity index (χ0) is 13.9. The SMILES string of the molecule is Clc1ccc(Cl)c(NCc2cncc3ccccc23)c1. The smallest absolute Gasteiger partial charge is 0.0638 e. The molecule has 0 amide bonds. The van der Waals surface area contributed by atoms with Gasteiger partial charge in [-0.2, -0.15) is 0 Å². The molecule has 1 aromatic heterocycles. The highest BCUT2D eigenvalue weighted by Crippen LogP contribution is 2.26. The second-order valence-corrected chi connectivity index (χ2v) is 5.34. The predicted molar refractivity (Wildman–Crippen MR) is 85.5 cm³/mol. The van der Waals surface area contributed by atoms with Crippen molar-refractivity contribution in [3.8, 4) is 0 Å². The fraction of sp³-hybridized carbons (Fsp3) is 0.0625. The van der Waals surface area contributed by atoms with Crippen molar-refractivity contribution in [3.05, 3.63) is 70.5 Å². The molecule has 1 N–H and O–H groups in total. The molecule has 0 aliphatic heterocycles. The fourth-order valence-corrected chi connectivity index (χ4v) is 2.50. The van der Waals surface area contributed by atoms with Crippen molar-refractivity contribution >= 4 is 39.7 Å². The zero-order valence-electron chi connectivity index (χ0n) is 10.6. The number of hydrogen-bond acceptors (Lipinski definition) is 2. The van der Waals surface area contributed by atoms with Crippen LogP contribution in [0.5, 0.6) is 0 Å². The molecule has 3 rings (SSSR count). The van der Waals surface area contributed by atoms with E-state index in [4.69, 9.17) is 23.2 Å². The van der Waals surface area contributed by atoms with E-state index in [0.717, 1.165) is 16.6 Å². The molecule has 0 aliphatic carbocycles. The van der Waals surface area contributed by atoms with Gasteiger partial charge in [0.05, 0.1) is 10.7 Å². The maximum Gasteiger partial charge on any atom is 0.0638 e. The predicted octanol–water partition coefficient (Wildman–Crippen LogP) is 5.15. The van der Waals surface area contributed by atoms with Gasteiger partial charge < -0.3 is 5.32 Å². The first-order valence-corrected chi connectivity index (χ1v) is 7.00. The molecule has 0 fully saturated rings. The van der Waals surface area contributed by atoms with Gasteiger partial charge in [0.25, 0.3) is 0 Å². The van der Waals surface area contributed by atoms with E-state index >= 15 is 0 Å². The summed E-state index contributed by atoms with van der Waals surface area (Å²) >= 11 is 12.1. The Morgan fingerprint density at radius 1 is 1.00 bits per heavy atom. The van der Waals surface area contributed by atoms with Crippen molar-refractivity contribution in [1.29, 1.82) is 0 Å². The Balaban J connectivity index is 1.89. The van der Waals surface area contributed by atoms with Crippen molar-refractivity contribution in [2.45, 2.75) is 6.54 Å². The normalized spacial score (nSPS) is 10.7. The number of aromatic nitrogens is 1. The molecule has 1 heterocycles. The van der Waals surface area contributed by atoms with E-state index in [0.29, 0.717) is 16.6 Å². The summed E-state index contributed by atoms with van der Waals surface area (Å²) in [5.41, 5.74) is 1.95. The van der Waals surface area contributed by atoms with Crippen LogP contribution in [-0.2, 0) is 6.54 Å². The molecule has 0 spiro atoms. The van der Waals surface area contributed by atoms with Crippen molar-refractivity contribution in [2.24, 2.45) is 0 Å². The average molecular weight is 303 g/mol. The van der Waals surface area contributed by atoms with E-state index in [1.54, 1.807) is 12.1 Å². The maximum atomic E-state index is 6.14. The molecule has 0 aliphatic rings. The second kappa shape index (κ2) is 5.70. The van der Waals surface area contributed by atoms with Crippen LogP contribution in [-0.4, -0.2) is 4.98 Å². The molecule has 0 saturated heterocycles. The third-order valence-corrected chi connectivity index (χ3v) is 3.71. The molecular formula is C16H12Cl2N2. The standard InChI is InChI=1S/C16H12Cl2N2/c17-13-5-6-15(18)16(7-13)20-10-12-9-19-8-11-3-1-2-4-14(11)12/h1-9,20H,10H2. The molecule has 2 aromatic carbocycles. The average Bonchev–Trinajstić information content (AvgIpc) is 2.48. The third-order valence-electron chi connectivity index (χ3n) is 3.15. The first-order chi connectivity index (χ1) is 9.74. The highest BCUT2D eigenvalue weighted by atomic mass is 35.5. The summed E-state index contributed by atoms with van der Waals surface area (Å²) in [6, 6.07) is 13.6. The molecule has 0 atom stereocenters. The first-order valence-electron chi connectivity index (χ1n) is 6.24. The first kappa shape index (κ1) is 13.2. The lowest BCUT2D eigenvalue weighted by Crippen LogP contribution is -2.01. The number of fused-ring (bicyclic) bond motifs is 1. The van der Waals surface area contributed by atoms with Crippen LogP contribution in [0, 0.1) is 0 Å². The third kappa shape index (κ3) is 2.72. The van der Waals surface area contributed by atoms with Crippen LogP contribution in [0.15, 0.2) is 54.9 Å². The van der Waals surface area contributed by atoms with Gasteiger partial charge >= 0.3 is 0 Å². The fourth-order valence-electron chi connectivity index (χ4n) is 2.14. The topological polar surface area (TPSA) is 24.9 Å². The summed E-state index contributed by atoms with van der Waals surface area (Å²) < 4.78 is 0. The highest BCUT2D eigenvalue weighted by Gasteiger charge is 2.04. The molecular weight excluding hydrogens is 291 g/mol. The van der Waals surface area contributed by atoms with E-state index < -0.39 is 0 Å². The van der Waals surface area contributed by atoms with Crippen LogP contribution >= 0.6 is 23.2 Å². The maximum absolute atomic E-state index is 6.14. The van der Waals surface area contributed by atoms with Gasteiger partial charge in [-0.1, -0.05) is 47.5 Å². The Hall–Kier alpha value is -1.77. The number of nitrogens with zero attached hydrogens (tertiary/aromatic N) is 1. The highest BCUT2D eigenvalue weighted by molar-refractivity contribution is 6.35.